The molecule has 0 rings (SSSR count). The second kappa shape index (κ2) is 10.1. The summed E-state index contributed by atoms with van der Waals surface area (Å²) in [6.07, 6.45) is 3.98. The molecule has 6 nitrogen and oxygen atoms in total. The first-order valence-corrected chi connectivity index (χ1v) is 6.43. The predicted octanol–water partition coefficient (Wildman–Crippen LogP) is 0.828. The van der Waals surface area contributed by atoms with Crippen LogP contribution in [0.2, 0.25) is 0 Å². The molecule has 2 amide bonds. The highest BCUT2D eigenvalue weighted by atomic mass is 16.4. The van der Waals surface area contributed by atoms with Gasteiger partial charge in [-0.25, -0.2) is 4.79 Å². The SMILES string of the molecule is C=CC(=O)NC(CCCCNC(=O)CCC)C(=O)O. The lowest BCUT2D eigenvalue weighted by Crippen LogP contribution is -2.40. The minimum absolute atomic E-state index is 0.0113. The second-order valence-electron chi connectivity index (χ2n) is 4.20. The summed E-state index contributed by atoms with van der Waals surface area (Å²) in [4.78, 5) is 33.1. The molecule has 0 spiro atoms. The van der Waals surface area contributed by atoms with E-state index in [9.17, 15) is 14.4 Å². The van der Waals surface area contributed by atoms with E-state index in [2.05, 4.69) is 17.2 Å². The summed E-state index contributed by atoms with van der Waals surface area (Å²) in [6, 6.07) is -0.906. The molecule has 0 radical (unpaired) electrons. The summed E-state index contributed by atoms with van der Waals surface area (Å²) in [5, 5.41) is 14.0. The number of carboxylic acid groups (broad SMARTS) is 1. The third kappa shape index (κ3) is 8.82. The van der Waals surface area contributed by atoms with E-state index in [1.165, 1.54) is 0 Å². The Balaban J connectivity index is 3.82. The number of aliphatic carboxylic acids is 1. The molecule has 0 aliphatic heterocycles. The summed E-state index contributed by atoms with van der Waals surface area (Å²) in [6.45, 7) is 5.73. The Labute approximate surface area is 113 Å². The third-order valence-corrected chi connectivity index (χ3v) is 2.52. The minimum Gasteiger partial charge on any atom is -0.480 e. The van der Waals surface area contributed by atoms with Crippen molar-refractivity contribution < 1.29 is 19.5 Å². The molecule has 3 N–H and O–H groups in total. The number of hydrogen-bond acceptors (Lipinski definition) is 3. The summed E-state index contributed by atoms with van der Waals surface area (Å²) in [5.41, 5.74) is 0. The molecular formula is C13H22N2O4. The van der Waals surface area contributed by atoms with E-state index < -0.39 is 17.9 Å². The van der Waals surface area contributed by atoms with Crippen LogP contribution >= 0.6 is 0 Å². The van der Waals surface area contributed by atoms with Crippen LogP contribution in [0.25, 0.3) is 0 Å². The highest BCUT2D eigenvalue weighted by molar-refractivity contribution is 5.90. The van der Waals surface area contributed by atoms with Gasteiger partial charge in [0.25, 0.3) is 0 Å². The van der Waals surface area contributed by atoms with Gasteiger partial charge >= 0.3 is 5.97 Å². The van der Waals surface area contributed by atoms with Crippen molar-refractivity contribution in [3.63, 3.8) is 0 Å². The quantitative estimate of drug-likeness (QED) is 0.404. The van der Waals surface area contributed by atoms with E-state index in [0.717, 1.165) is 12.5 Å². The maximum atomic E-state index is 11.2. The maximum absolute atomic E-state index is 11.2. The van der Waals surface area contributed by atoms with Gasteiger partial charge in [-0.2, -0.15) is 0 Å². The van der Waals surface area contributed by atoms with Crippen LogP contribution in [0.5, 0.6) is 0 Å². The average Bonchev–Trinajstić information content (AvgIpc) is 2.36. The van der Waals surface area contributed by atoms with Crippen molar-refractivity contribution >= 4 is 17.8 Å². The van der Waals surface area contributed by atoms with Gasteiger partial charge in [-0.3, -0.25) is 9.59 Å². The molecule has 6 heteroatoms. The van der Waals surface area contributed by atoms with Gasteiger partial charge in [0.05, 0.1) is 0 Å². The number of unbranched alkanes of at least 4 members (excludes halogenated alkanes) is 1. The zero-order valence-corrected chi connectivity index (χ0v) is 11.3. The number of hydrogen-bond donors (Lipinski definition) is 3. The second-order valence-corrected chi connectivity index (χ2v) is 4.20. The number of rotatable bonds is 10. The van der Waals surface area contributed by atoms with Gasteiger partial charge < -0.3 is 15.7 Å². The molecule has 1 unspecified atom stereocenters. The highest BCUT2D eigenvalue weighted by Crippen LogP contribution is 2.01. The molecule has 0 aliphatic carbocycles. The molecular weight excluding hydrogens is 248 g/mol. The smallest absolute Gasteiger partial charge is 0.326 e. The van der Waals surface area contributed by atoms with Gasteiger partial charge in [0, 0.05) is 13.0 Å². The molecule has 0 aliphatic rings. The zero-order valence-electron chi connectivity index (χ0n) is 11.3. The molecule has 0 aromatic heterocycles. The Bertz CT molecular complexity index is 329. The van der Waals surface area contributed by atoms with E-state index in [-0.39, 0.29) is 5.91 Å². The van der Waals surface area contributed by atoms with Gasteiger partial charge in [-0.1, -0.05) is 13.5 Å². The topological polar surface area (TPSA) is 95.5 Å². The first kappa shape index (κ1) is 17.2. The predicted molar refractivity (Wildman–Crippen MR) is 71.5 cm³/mol. The van der Waals surface area contributed by atoms with Crippen molar-refractivity contribution in [3.8, 4) is 0 Å². The van der Waals surface area contributed by atoms with E-state index >= 15 is 0 Å². The molecule has 0 aromatic carbocycles. The number of nitrogens with one attached hydrogen (secondary N) is 2. The Morgan fingerprint density at radius 1 is 1.32 bits per heavy atom. The van der Waals surface area contributed by atoms with Gasteiger partial charge in [-0.15, -0.1) is 0 Å². The van der Waals surface area contributed by atoms with Crippen LogP contribution in [0.3, 0.4) is 0 Å². The van der Waals surface area contributed by atoms with Crippen molar-refractivity contribution in [2.24, 2.45) is 0 Å². The van der Waals surface area contributed by atoms with Crippen LogP contribution in [-0.4, -0.2) is 35.5 Å². The first-order chi connectivity index (χ1) is 9.01. The lowest BCUT2D eigenvalue weighted by Gasteiger charge is -2.13. The van der Waals surface area contributed by atoms with Crippen molar-refractivity contribution in [2.75, 3.05) is 6.54 Å². The highest BCUT2D eigenvalue weighted by Gasteiger charge is 2.17. The van der Waals surface area contributed by atoms with E-state index in [4.69, 9.17) is 5.11 Å². The normalized spacial score (nSPS) is 11.4. The van der Waals surface area contributed by atoms with Crippen LogP contribution in [0.4, 0.5) is 0 Å². The summed E-state index contributed by atoms with van der Waals surface area (Å²) >= 11 is 0. The molecule has 0 bridgehead atoms. The monoisotopic (exact) mass is 270 g/mol. The molecule has 0 saturated carbocycles. The molecule has 0 aromatic rings. The van der Waals surface area contributed by atoms with Crippen molar-refractivity contribution in [2.45, 2.75) is 45.1 Å². The minimum atomic E-state index is -1.06. The van der Waals surface area contributed by atoms with Gasteiger partial charge in [0.1, 0.15) is 6.04 Å². The largest absolute Gasteiger partial charge is 0.480 e. The van der Waals surface area contributed by atoms with Gasteiger partial charge in [-0.05, 0) is 31.8 Å². The van der Waals surface area contributed by atoms with E-state index in [1.54, 1.807) is 0 Å². The van der Waals surface area contributed by atoms with Crippen LogP contribution < -0.4 is 10.6 Å². The Morgan fingerprint density at radius 3 is 2.53 bits per heavy atom. The van der Waals surface area contributed by atoms with Gasteiger partial charge in [0.2, 0.25) is 11.8 Å². The number of carbonyl (C=O) groups is 3. The van der Waals surface area contributed by atoms with E-state index in [1.807, 2.05) is 6.92 Å². The fourth-order valence-corrected chi connectivity index (χ4v) is 1.50. The third-order valence-electron chi connectivity index (χ3n) is 2.52. The van der Waals surface area contributed by atoms with Gasteiger partial charge in [0.15, 0.2) is 0 Å². The number of amides is 2. The summed E-state index contributed by atoms with van der Waals surface area (Å²) in [5.74, 6) is -1.55. The first-order valence-electron chi connectivity index (χ1n) is 6.43. The lowest BCUT2D eigenvalue weighted by molar-refractivity contribution is -0.141. The molecule has 19 heavy (non-hydrogen) atoms. The van der Waals surface area contributed by atoms with Crippen molar-refractivity contribution in [1.29, 1.82) is 0 Å². The van der Waals surface area contributed by atoms with Crippen LogP contribution in [0, 0.1) is 0 Å². The lowest BCUT2D eigenvalue weighted by atomic mass is 10.1. The summed E-state index contributed by atoms with van der Waals surface area (Å²) < 4.78 is 0. The fourth-order valence-electron chi connectivity index (χ4n) is 1.50. The molecule has 0 fully saturated rings. The maximum Gasteiger partial charge on any atom is 0.326 e. The van der Waals surface area contributed by atoms with Crippen LogP contribution in [0.1, 0.15) is 39.0 Å². The van der Waals surface area contributed by atoms with Crippen LogP contribution in [0.15, 0.2) is 12.7 Å². The van der Waals surface area contributed by atoms with Crippen molar-refractivity contribution in [1.82, 2.24) is 10.6 Å². The standard InChI is InChI=1S/C13H22N2O4/c1-3-7-12(17)14-9-6-5-8-10(13(18)19)15-11(16)4-2/h4,10H,2-3,5-9H2,1H3,(H,14,17)(H,15,16)(H,18,19). The van der Waals surface area contributed by atoms with Crippen LogP contribution in [-0.2, 0) is 14.4 Å². The number of carboxylic acids is 1. The fraction of sp³-hybridized carbons (Fsp3) is 0.615. The van der Waals surface area contributed by atoms with Crippen molar-refractivity contribution in [3.05, 3.63) is 12.7 Å². The zero-order chi connectivity index (χ0) is 14.7. The Hall–Kier alpha value is -1.85. The molecule has 1 atom stereocenters. The Kier molecular flexibility index (Phi) is 9.12. The average molecular weight is 270 g/mol. The summed E-state index contributed by atoms with van der Waals surface area (Å²) in [7, 11) is 0. The molecule has 108 valence electrons. The molecule has 0 saturated heterocycles. The molecule has 0 heterocycles. The Morgan fingerprint density at radius 2 is 2.00 bits per heavy atom. The number of carbonyl (C=O) groups excluding carboxylic acids is 2. The van der Waals surface area contributed by atoms with E-state index in [0.29, 0.717) is 32.2 Å².